The molecule has 6 nitrogen and oxygen atoms in total. The van der Waals surface area contributed by atoms with Gasteiger partial charge >= 0.3 is 0 Å². The van der Waals surface area contributed by atoms with Crippen LogP contribution in [0.15, 0.2) is 60.7 Å². The van der Waals surface area contributed by atoms with Crippen molar-refractivity contribution in [3.05, 3.63) is 82.9 Å². The van der Waals surface area contributed by atoms with Crippen LogP contribution in [0.5, 0.6) is 23.0 Å². The molecule has 0 unspecified atom stereocenters. The number of rotatable bonds is 7. The molecule has 0 aromatic heterocycles. The molecular weight excluding hydrogens is 408 g/mol. The average molecular weight is 430 g/mol. The Bertz CT molecular complexity index is 1200. The third kappa shape index (κ3) is 5.08. The number of carbonyl (C=O) groups is 2. The molecular formula is C26H22O6. The molecule has 0 spiro atoms. The molecule has 0 aliphatic heterocycles. The number of hydrogen-bond donors (Lipinski definition) is 0. The zero-order valence-electron chi connectivity index (χ0n) is 18.2. The molecule has 0 amide bonds. The number of benzene rings is 3. The maximum absolute atomic E-state index is 12.8. The second-order valence-electron chi connectivity index (χ2n) is 6.66. The fraction of sp³-hybridized carbons (Fsp3) is 0.154. The van der Waals surface area contributed by atoms with Gasteiger partial charge in [0.15, 0.2) is 11.5 Å². The monoisotopic (exact) mass is 430 g/mol. The van der Waals surface area contributed by atoms with Gasteiger partial charge in [-0.3, -0.25) is 9.59 Å². The molecule has 6 heteroatoms. The van der Waals surface area contributed by atoms with Crippen LogP contribution >= 0.6 is 0 Å². The van der Waals surface area contributed by atoms with E-state index in [9.17, 15) is 9.59 Å². The Morgan fingerprint density at radius 3 is 1.81 bits per heavy atom. The van der Waals surface area contributed by atoms with E-state index in [0.717, 1.165) is 0 Å². The lowest BCUT2D eigenvalue weighted by molar-refractivity contribution is 0.0816. The van der Waals surface area contributed by atoms with Crippen LogP contribution in [0, 0.1) is 11.8 Å². The smallest absolute Gasteiger partial charge is 0.233 e. The summed E-state index contributed by atoms with van der Waals surface area (Å²) >= 11 is 0. The van der Waals surface area contributed by atoms with Gasteiger partial charge in [-0.25, -0.2) is 0 Å². The summed E-state index contributed by atoms with van der Waals surface area (Å²) in [5.74, 6) is 6.95. The number of ether oxygens (including phenoxy) is 4. The first-order valence-electron chi connectivity index (χ1n) is 9.65. The first kappa shape index (κ1) is 22.4. The van der Waals surface area contributed by atoms with Crippen LogP contribution in [0.2, 0.25) is 0 Å². The predicted octanol–water partition coefficient (Wildman–Crippen LogP) is 4.19. The number of methoxy groups -OCH3 is 4. The SMILES string of the molecule is COc1ccc(C(=O)C(=O)c2cc(C#Cc3ccc(OC)c(OC)c3)cc(OC)c2)cc1. The van der Waals surface area contributed by atoms with Gasteiger partial charge in [-0.15, -0.1) is 0 Å². The fourth-order valence-corrected chi connectivity index (χ4v) is 2.98. The molecule has 0 atom stereocenters. The highest BCUT2D eigenvalue weighted by Crippen LogP contribution is 2.27. The van der Waals surface area contributed by atoms with Crippen molar-refractivity contribution in [1.29, 1.82) is 0 Å². The highest BCUT2D eigenvalue weighted by atomic mass is 16.5. The van der Waals surface area contributed by atoms with E-state index >= 15 is 0 Å². The first-order valence-corrected chi connectivity index (χ1v) is 9.65. The van der Waals surface area contributed by atoms with Gasteiger partial charge in [0, 0.05) is 22.3 Å². The van der Waals surface area contributed by atoms with E-state index in [-0.39, 0.29) is 11.1 Å². The summed E-state index contributed by atoms with van der Waals surface area (Å²) in [5.41, 5.74) is 1.70. The summed E-state index contributed by atoms with van der Waals surface area (Å²) in [7, 11) is 6.13. The van der Waals surface area contributed by atoms with E-state index < -0.39 is 11.6 Å². The molecule has 3 aromatic rings. The summed E-state index contributed by atoms with van der Waals surface area (Å²) in [5, 5.41) is 0. The van der Waals surface area contributed by atoms with Crippen molar-refractivity contribution in [2.45, 2.75) is 0 Å². The van der Waals surface area contributed by atoms with Gasteiger partial charge in [-0.2, -0.15) is 0 Å². The minimum atomic E-state index is -0.650. The maximum Gasteiger partial charge on any atom is 0.233 e. The van der Waals surface area contributed by atoms with Crippen LogP contribution in [0.1, 0.15) is 31.8 Å². The Balaban J connectivity index is 1.91. The lowest BCUT2D eigenvalue weighted by Crippen LogP contribution is -2.14. The van der Waals surface area contributed by atoms with Crippen LogP contribution < -0.4 is 18.9 Å². The van der Waals surface area contributed by atoms with E-state index in [2.05, 4.69) is 11.8 Å². The molecule has 0 N–H and O–H groups in total. The van der Waals surface area contributed by atoms with Crippen LogP contribution in [0.3, 0.4) is 0 Å². The average Bonchev–Trinajstić information content (AvgIpc) is 2.86. The van der Waals surface area contributed by atoms with E-state index in [4.69, 9.17) is 18.9 Å². The van der Waals surface area contributed by atoms with Crippen molar-refractivity contribution in [2.24, 2.45) is 0 Å². The Kier molecular flexibility index (Phi) is 7.14. The summed E-state index contributed by atoms with van der Waals surface area (Å²) in [6.45, 7) is 0. The van der Waals surface area contributed by atoms with E-state index in [0.29, 0.717) is 34.1 Å². The summed E-state index contributed by atoms with van der Waals surface area (Å²) < 4.78 is 20.9. The van der Waals surface area contributed by atoms with Gasteiger partial charge in [-0.05, 0) is 60.7 Å². The van der Waals surface area contributed by atoms with Crippen molar-refractivity contribution in [1.82, 2.24) is 0 Å². The van der Waals surface area contributed by atoms with Gasteiger partial charge in [-0.1, -0.05) is 11.8 Å². The molecule has 3 rings (SSSR count). The molecule has 0 aliphatic rings. The second kappa shape index (κ2) is 10.2. The first-order chi connectivity index (χ1) is 15.5. The molecule has 0 saturated carbocycles. The standard InChI is InChI=1S/C26H22O6/c1-29-21-10-8-19(9-11-21)25(27)26(28)20-13-18(14-22(16-20)30-2)6-5-17-7-12-23(31-3)24(15-17)32-4/h7-16H,1-4H3. The molecule has 32 heavy (non-hydrogen) atoms. The van der Waals surface area contributed by atoms with Gasteiger partial charge in [0.05, 0.1) is 28.4 Å². The van der Waals surface area contributed by atoms with Crippen molar-refractivity contribution in [3.63, 3.8) is 0 Å². The highest BCUT2D eigenvalue weighted by molar-refractivity contribution is 6.49. The number of carbonyl (C=O) groups excluding carboxylic acids is 2. The molecule has 162 valence electrons. The number of ketones is 2. The molecule has 3 aromatic carbocycles. The topological polar surface area (TPSA) is 71.1 Å². The Morgan fingerprint density at radius 2 is 1.19 bits per heavy atom. The molecule has 0 fully saturated rings. The maximum atomic E-state index is 12.8. The van der Waals surface area contributed by atoms with Gasteiger partial charge in [0.1, 0.15) is 11.5 Å². The van der Waals surface area contributed by atoms with Crippen molar-refractivity contribution in [3.8, 4) is 34.8 Å². The van der Waals surface area contributed by atoms with Crippen LogP contribution in [-0.4, -0.2) is 40.0 Å². The van der Waals surface area contributed by atoms with E-state index in [1.54, 1.807) is 68.8 Å². The van der Waals surface area contributed by atoms with Gasteiger partial charge < -0.3 is 18.9 Å². The zero-order valence-corrected chi connectivity index (χ0v) is 18.2. The molecule has 0 aliphatic carbocycles. The van der Waals surface area contributed by atoms with Crippen LogP contribution in [0.4, 0.5) is 0 Å². The van der Waals surface area contributed by atoms with Gasteiger partial charge in [0.25, 0.3) is 0 Å². The number of hydrogen-bond acceptors (Lipinski definition) is 6. The highest BCUT2D eigenvalue weighted by Gasteiger charge is 2.19. The van der Waals surface area contributed by atoms with Gasteiger partial charge in [0.2, 0.25) is 11.6 Å². The minimum Gasteiger partial charge on any atom is -0.497 e. The van der Waals surface area contributed by atoms with Crippen molar-refractivity contribution >= 4 is 11.6 Å². The molecule has 0 saturated heterocycles. The second-order valence-corrected chi connectivity index (χ2v) is 6.66. The Labute approximate surface area is 186 Å². The van der Waals surface area contributed by atoms with Crippen molar-refractivity contribution < 1.29 is 28.5 Å². The lowest BCUT2D eigenvalue weighted by Gasteiger charge is -2.07. The summed E-state index contributed by atoms with van der Waals surface area (Å²) in [4.78, 5) is 25.5. The summed E-state index contributed by atoms with van der Waals surface area (Å²) in [6, 6.07) is 16.5. The Morgan fingerprint density at radius 1 is 0.562 bits per heavy atom. The third-order valence-electron chi connectivity index (χ3n) is 4.70. The van der Waals surface area contributed by atoms with Crippen molar-refractivity contribution in [2.75, 3.05) is 28.4 Å². The molecule has 0 bridgehead atoms. The summed E-state index contributed by atoms with van der Waals surface area (Å²) in [6.07, 6.45) is 0. The largest absolute Gasteiger partial charge is 0.497 e. The van der Waals surface area contributed by atoms with E-state index in [1.807, 2.05) is 0 Å². The lowest BCUT2D eigenvalue weighted by atomic mass is 9.99. The molecule has 0 heterocycles. The number of Topliss-reactive ketones (excluding diaryl/α,β-unsaturated/α-hetero) is 2. The minimum absolute atomic E-state index is 0.196. The van der Waals surface area contributed by atoms with Crippen LogP contribution in [-0.2, 0) is 0 Å². The van der Waals surface area contributed by atoms with E-state index in [1.165, 1.54) is 20.3 Å². The third-order valence-corrected chi connectivity index (χ3v) is 4.70. The normalized spacial score (nSPS) is 9.88. The molecule has 0 radical (unpaired) electrons. The van der Waals surface area contributed by atoms with Crippen LogP contribution in [0.25, 0.3) is 0 Å². The predicted molar refractivity (Wildman–Crippen MR) is 120 cm³/mol. The quantitative estimate of drug-likeness (QED) is 0.318. The Hall–Kier alpha value is -4.24. The zero-order chi connectivity index (χ0) is 23.1. The fourth-order valence-electron chi connectivity index (χ4n) is 2.98.